The number of nitrogens with two attached hydrogens (primary N) is 1. The SMILES string of the molecule is CCOc1nc(N)nc(N2CCC3CCC(C2)N3C)n1. The maximum absolute atomic E-state index is 5.76. The fourth-order valence-corrected chi connectivity index (χ4v) is 3.19. The quantitative estimate of drug-likeness (QED) is 0.863. The minimum Gasteiger partial charge on any atom is -0.464 e. The third-order valence-electron chi connectivity index (χ3n) is 4.33. The Morgan fingerprint density at radius 3 is 2.80 bits per heavy atom. The largest absolute Gasteiger partial charge is 0.464 e. The van der Waals surface area contributed by atoms with Crippen molar-refractivity contribution in [3.05, 3.63) is 0 Å². The van der Waals surface area contributed by atoms with Gasteiger partial charge in [-0.3, -0.25) is 4.90 Å². The van der Waals surface area contributed by atoms with E-state index in [0.29, 0.717) is 30.6 Å². The van der Waals surface area contributed by atoms with Crippen molar-refractivity contribution in [1.82, 2.24) is 19.9 Å². The minimum atomic E-state index is 0.223. The molecule has 2 bridgehead atoms. The van der Waals surface area contributed by atoms with Crippen LogP contribution in [0, 0.1) is 0 Å². The monoisotopic (exact) mass is 278 g/mol. The van der Waals surface area contributed by atoms with Gasteiger partial charge >= 0.3 is 6.01 Å². The highest BCUT2D eigenvalue weighted by atomic mass is 16.5. The Hall–Kier alpha value is -1.63. The number of hydrogen-bond donors (Lipinski definition) is 1. The molecule has 0 radical (unpaired) electrons. The summed E-state index contributed by atoms with van der Waals surface area (Å²) in [6.45, 7) is 4.33. The van der Waals surface area contributed by atoms with Crippen LogP contribution in [0.25, 0.3) is 0 Å². The van der Waals surface area contributed by atoms with E-state index in [1.54, 1.807) is 0 Å². The summed E-state index contributed by atoms with van der Waals surface area (Å²) in [5.74, 6) is 0.864. The Labute approximate surface area is 119 Å². The zero-order valence-corrected chi connectivity index (χ0v) is 12.1. The second-order valence-corrected chi connectivity index (χ2v) is 5.49. The minimum absolute atomic E-state index is 0.223. The molecule has 1 aromatic heterocycles. The van der Waals surface area contributed by atoms with Crippen molar-refractivity contribution >= 4 is 11.9 Å². The molecule has 7 nitrogen and oxygen atoms in total. The van der Waals surface area contributed by atoms with Crippen molar-refractivity contribution < 1.29 is 4.74 Å². The number of likely N-dealkylation sites (N-methyl/N-ethyl adjacent to an activating group) is 1. The van der Waals surface area contributed by atoms with E-state index >= 15 is 0 Å². The molecule has 0 aromatic carbocycles. The molecule has 20 heavy (non-hydrogen) atoms. The Balaban J connectivity index is 1.82. The molecule has 3 heterocycles. The molecule has 0 amide bonds. The first-order valence-corrected chi connectivity index (χ1v) is 7.28. The number of anilines is 2. The third-order valence-corrected chi connectivity index (χ3v) is 4.33. The van der Waals surface area contributed by atoms with Crippen LogP contribution >= 0.6 is 0 Å². The number of nitrogen functional groups attached to an aromatic ring is 1. The first-order valence-electron chi connectivity index (χ1n) is 7.28. The molecule has 7 heteroatoms. The highest BCUT2D eigenvalue weighted by Crippen LogP contribution is 2.30. The zero-order chi connectivity index (χ0) is 14.1. The number of aromatic nitrogens is 3. The summed E-state index contributed by atoms with van der Waals surface area (Å²) in [6.07, 6.45) is 3.69. The van der Waals surface area contributed by atoms with Gasteiger partial charge in [-0.15, -0.1) is 0 Å². The van der Waals surface area contributed by atoms with Gasteiger partial charge in [0.05, 0.1) is 6.61 Å². The molecule has 2 N–H and O–H groups in total. The maximum Gasteiger partial charge on any atom is 0.323 e. The molecule has 3 rings (SSSR count). The molecule has 1 aromatic rings. The van der Waals surface area contributed by atoms with Gasteiger partial charge in [0.2, 0.25) is 11.9 Å². The zero-order valence-electron chi connectivity index (χ0n) is 12.1. The van der Waals surface area contributed by atoms with Crippen LogP contribution in [0.1, 0.15) is 26.2 Å². The van der Waals surface area contributed by atoms with Gasteiger partial charge in [-0.25, -0.2) is 0 Å². The molecule has 2 unspecified atom stereocenters. The summed E-state index contributed by atoms with van der Waals surface area (Å²) >= 11 is 0. The first kappa shape index (κ1) is 13.4. The van der Waals surface area contributed by atoms with Gasteiger partial charge in [-0.2, -0.15) is 15.0 Å². The van der Waals surface area contributed by atoms with Crippen LogP contribution in [0.5, 0.6) is 6.01 Å². The second-order valence-electron chi connectivity index (χ2n) is 5.49. The van der Waals surface area contributed by atoms with Crippen LogP contribution in [-0.4, -0.2) is 58.7 Å². The number of rotatable bonds is 3. The van der Waals surface area contributed by atoms with Gasteiger partial charge in [0, 0.05) is 25.2 Å². The van der Waals surface area contributed by atoms with E-state index < -0.39 is 0 Å². The van der Waals surface area contributed by atoms with Gasteiger partial charge in [-0.1, -0.05) is 0 Å². The van der Waals surface area contributed by atoms with Gasteiger partial charge in [0.25, 0.3) is 0 Å². The molecular weight excluding hydrogens is 256 g/mol. The predicted octanol–water partition coefficient (Wildman–Crippen LogP) is 0.525. The number of ether oxygens (including phenoxy) is 1. The predicted molar refractivity (Wildman–Crippen MR) is 76.8 cm³/mol. The van der Waals surface area contributed by atoms with Crippen molar-refractivity contribution in [2.75, 3.05) is 37.4 Å². The van der Waals surface area contributed by atoms with Crippen LogP contribution < -0.4 is 15.4 Å². The topological polar surface area (TPSA) is 80.4 Å². The van der Waals surface area contributed by atoms with Gasteiger partial charge < -0.3 is 15.4 Å². The third kappa shape index (κ3) is 2.49. The summed E-state index contributed by atoms with van der Waals surface area (Å²) in [5, 5.41) is 0. The van der Waals surface area contributed by atoms with Crippen LogP contribution in [0.15, 0.2) is 0 Å². The first-order chi connectivity index (χ1) is 9.67. The molecule has 2 aliphatic heterocycles. The Kier molecular flexibility index (Phi) is 3.60. The smallest absolute Gasteiger partial charge is 0.323 e. The van der Waals surface area contributed by atoms with E-state index in [1.807, 2.05) is 6.92 Å². The van der Waals surface area contributed by atoms with E-state index in [9.17, 15) is 0 Å². The fraction of sp³-hybridized carbons (Fsp3) is 0.769. The van der Waals surface area contributed by atoms with Crippen LogP contribution in [-0.2, 0) is 0 Å². The van der Waals surface area contributed by atoms with E-state index in [2.05, 4.69) is 31.8 Å². The van der Waals surface area contributed by atoms with Crippen LogP contribution in [0.3, 0.4) is 0 Å². The van der Waals surface area contributed by atoms with Crippen molar-refractivity contribution in [2.24, 2.45) is 0 Å². The normalized spacial score (nSPS) is 26.6. The molecule has 0 spiro atoms. The molecule has 0 saturated carbocycles. The molecule has 2 aliphatic rings. The lowest BCUT2D eigenvalue weighted by atomic mass is 10.1. The van der Waals surface area contributed by atoms with Gasteiger partial charge in [-0.05, 0) is 33.2 Å². The van der Waals surface area contributed by atoms with Crippen LogP contribution in [0.2, 0.25) is 0 Å². The molecular formula is C13H22N6O. The van der Waals surface area contributed by atoms with Crippen molar-refractivity contribution in [3.8, 4) is 6.01 Å². The van der Waals surface area contributed by atoms with Crippen molar-refractivity contribution in [3.63, 3.8) is 0 Å². The van der Waals surface area contributed by atoms with Gasteiger partial charge in [0.1, 0.15) is 0 Å². The lowest BCUT2D eigenvalue weighted by molar-refractivity contribution is 0.254. The second kappa shape index (κ2) is 5.40. The van der Waals surface area contributed by atoms with E-state index in [-0.39, 0.29) is 5.95 Å². The molecule has 110 valence electrons. The summed E-state index contributed by atoms with van der Waals surface area (Å²) in [4.78, 5) is 17.4. The molecule has 2 fully saturated rings. The van der Waals surface area contributed by atoms with E-state index in [1.165, 1.54) is 12.8 Å². The maximum atomic E-state index is 5.76. The van der Waals surface area contributed by atoms with Crippen molar-refractivity contribution in [2.45, 2.75) is 38.3 Å². The fourth-order valence-electron chi connectivity index (χ4n) is 3.19. The summed E-state index contributed by atoms with van der Waals surface area (Å²) in [7, 11) is 2.22. The molecule has 2 saturated heterocycles. The average molecular weight is 278 g/mol. The van der Waals surface area contributed by atoms with Gasteiger partial charge in [0.15, 0.2) is 0 Å². The molecule has 0 aliphatic carbocycles. The lowest BCUT2D eigenvalue weighted by Gasteiger charge is -2.25. The van der Waals surface area contributed by atoms with E-state index in [0.717, 1.165) is 19.5 Å². The molecule has 2 atom stereocenters. The lowest BCUT2D eigenvalue weighted by Crippen LogP contribution is -2.37. The number of hydrogen-bond acceptors (Lipinski definition) is 7. The number of fused-ring (bicyclic) bond motifs is 2. The highest BCUT2D eigenvalue weighted by Gasteiger charge is 2.35. The van der Waals surface area contributed by atoms with E-state index in [4.69, 9.17) is 10.5 Å². The average Bonchev–Trinajstić information content (AvgIpc) is 2.62. The summed E-state index contributed by atoms with van der Waals surface area (Å²) in [5.41, 5.74) is 5.76. The number of nitrogens with zero attached hydrogens (tertiary/aromatic N) is 5. The summed E-state index contributed by atoms with van der Waals surface area (Å²) in [6, 6.07) is 1.59. The van der Waals surface area contributed by atoms with Crippen LogP contribution in [0.4, 0.5) is 11.9 Å². The summed E-state index contributed by atoms with van der Waals surface area (Å²) < 4.78 is 5.35. The highest BCUT2D eigenvalue weighted by molar-refractivity contribution is 5.36. The standard InChI is InChI=1S/C13H22N6O/c1-3-20-13-16-11(14)15-12(17-13)19-7-6-9-4-5-10(8-19)18(9)2/h9-10H,3-8H2,1-2H3,(H2,14,15,16,17). The Morgan fingerprint density at radius 1 is 1.20 bits per heavy atom. The Morgan fingerprint density at radius 2 is 2.00 bits per heavy atom. The van der Waals surface area contributed by atoms with Crippen molar-refractivity contribution in [1.29, 1.82) is 0 Å². The Bertz CT molecular complexity index is 482.